The smallest absolute Gasteiger partial charge is 0.212 e. The van der Waals surface area contributed by atoms with Crippen LogP contribution in [-0.4, -0.2) is 38.5 Å². The molecule has 1 aliphatic heterocycles. The molecule has 0 saturated carbocycles. The minimum atomic E-state index is 0.609. The summed E-state index contributed by atoms with van der Waals surface area (Å²) in [5, 5.41) is 0. The number of fused-ring (bicyclic) bond motifs is 1. The number of aromatic nitrogens is 4. The minimum Gasteiger partial charge on any atom is -0.481 e. The third kappa shape index (κ3) is 3.46. The lowest BCUT2D eigenvalue weighted by atomic mass is 10.1. The number of ether oxygens (including phenoxy) is 1. The van der Waals surface area contributed by atoms with E-state index in [-0.39, 0.29) is 0 Å². The summed E-state index contributed by atoms with van der Waals surface area (Å²) < 4.78 is 5.12. The summed E-state index contributed by atoms with van der Waals surface area (Å²) >= 11 is 0. The zero-order chi connectivity index (χ0) is 17.9. The molecule has 6 heteroatoms. The quantitative estimate of drug-likeness (QED) is 0.767. The molecule has 3 aromatic heterocycles. The highest BCUT2D eigenvalue weighted by molar-refractivity contribution is 5.55. The highest BCUT2D eigenvalue weighted by Crippen LogP contribution is 2.24. The molecule has 0 fully saturated rings. The monoisotopic (exact) mass is 349 g/mol. The Labute approximate surface area is 153 Å². The molecule has 26 heavy (non-hydrogen) atoms. The molecule has 1 aliphatic rings. The molecule has 0 aliphatic carbocycles. The van der Waals surface area contributed by atoms with Crippen LogP contribution in [0.25, 0.3) is 11.4 Å². The van der Waals surface area contributed by atoms with Crippen LogP contribution in [0.1, 0.15) is 29.6 Å². The van der Waals surface area contributed by atoms with E-state index >= 15 is 0 Å². The molecule has 4 heterocycles. The largest absolute Gasteiger partial charge is 0.481 e. The Bertz CT molecular complexity index is 870. The SMILES string of the molecule is CCc1ccc(CN2CCc3nc(-c4ccc(OC)nc4)[nH]c3C2)nc1. The molecule has 6 nitrogen and oxygen atoms in total. The van der Waals surface area contributed by atoms with Crippen LogP contribution in [0.2, 0.25) is 0 Å². The van der Waals surface area contributed by atoms with Gasteiger partial charge in [0.1, 0.15) is 5.82 Å². The number of aryl methyl sites for hydroxylation is 1. The topological polar surface area (TPSA) is 66.9 Å². The second-order valence-electron chi connectivity index (χ2n) is 6.57. The van der Waals surface area contributed by atoms with Gasteiger partial charge in [-0.05, 0) is 24.1 Å². The van der Waals surface area contributed by atoms with Gasteiger partial charge in [0.25, 0.3) is 0 Å². The predicted octanol–water partition coefficient (Wildman–Crippen LogP) is 3.00. The molecule has 1 N–H and O–H groups in total. The van der Waals surface area contributed by atoms with Gasteiger partial charge >= 0.3 is 0 Å². The van der Waals surface area contributed by atoms with Crippen LogP contribution in [0.15, 0.2) is 36.7 Å². The number of nitrogens with zero attached hydrogens (tertiary/aromatic N) is 4. The average molecular weight is 349 g/mol. The molecule has 0 unspecified atom stereocenters. The van der Waals surface area contributed by atoms with Crippen LogP contribution in [0, 0.1) is 0 Å². The van der Waals surface area contributed by atoms with Crippen molar-refractivity contribution in [2.45, 2.75) is 32.9 Å². The first-order valence-electron chi connectivity index (χ1n) is 8.99. The molecule has 0 aromatic carbocycles. The Hall–Kier alpha value is -2.73. The summed E-state index contributed by atoms with van der Waals surface area (Å²) in [6.07, 6.45) is 5.75. The van der Waals surface area contributed by atoms with Gasteiger partial charge in [0.2, 0.25) is 5.88 Å². The second-order valence-corrected chi connectivity index (χ2v) is 6.57. The number of nitrogens with one attached hydrogen (secondary N) is 1. The van der Waals surface area contributed by atoms with Crippen molar-refractivity contribution >= 4 is 0 Å². The Morgan fingerprint density at radius 1 is 1.15 bits per heavy atom. The normalized spacial score (nSPS) is 14.2. The Kier molecular flexibility index (Phi) is 4.67. The zero-order valence-corrected chi connectivity index (χ0v) is 15.2. The van der Waals surface area contributed by atoms with Crippen molar-refractivity contribution in [2.75, 3.05) is 13.7 Å². The summed E-state index contributed by atoms with van der Waals surface area (Å²) in [4.78, 5) is 19.5. The number of methoxy groups -OCH3 is 1. The number of rotatable bonds is 5. The van der Waals surface area contributed by atoms with Gasteiger partial charge in [0, 0.05) is 50.1 Å². The van der Waals surface area contributed by atoms with Gasteiger partial charge < -0.3 is 9.72 Å². The van der Waals surface area contributed by atoms with Crippen LogP contribution >= 0.6 is 0 Å². The van der Waals surface area contributed by atoms with Gasteiger partial charge in [0.15, 0.2) is 0 Å². The van der Waals surface area contributed by atoms with Gasteiger partial charge in [-0.15, -0.1) is 0 Å². The Balaban J connectivity index is 1.47. The van der Waals surface area contributed by atoms with Crippen molar-refractivity contribution in [1.82, 2.24) is 24.8 Å². The van der Waals surface area contributed by atoms with E-state index in [0.29, 0.717) is 5.88 Å². The number of H-pyrrole nitrogens is 1. The van der Waals surface area contributed by atoms with Crippen LogP contribution in [0.3, 0.4) is 0 Å². The molecule has 134 valence electrons. The van der Waals surface area contributed by atoms with E-state index in [1.165, 1.54) is 11.3 Å². The molecular formula is C20H23N5O. The van der Waals surface area contributed by atoms with E-state index in [4.69, 9.17) is 9.72 Å². The lowest BCUT2D eigenvalue weighted by Gasteiger charge is -2.25. The standard InChI is InChI=1S/C20H23N5O/c1-3-14-4-6-16(21-10-14)12-25-9-8-17-18(13-25)24-20(23-17)15-5-7-19(26-2)22-11-15/h4-7,10-11H,3,8-9,12-13H2,1-2H3,(H,23,24). The third-order valence-electron chi connectivity index (χ3n) is 4.81. The fraction of sp³-hybridized carbons (Fsp3) is 0.350. The maximum Gasteiger partial charge on any atom is 0.212 e. The third-order valence-corrected chi connectivity index (χ3v) is 4.81. The number of hydrogen-bond donors (Lipinski definition) is 1. The molecule has 0 radical (unpaired) electrons. The number of imidazole rings is 1. The van der Waals surface area contributed by atoms with Gasteiger partial charge in [-0.3, -0.25) is 9.88 Å². The fourth-order valence-electron chi connectivity index (χ4n) is 3.25. The Morgan fingerprint density at radius 3 is 2.77 bits per heavy atom. The maximum absolute atomic E-state index is 5.12. The summed E-state index contributed by atoms with van der Waals surface area (Å²) in [5.41, 5.74) is 5.71. The lowest BCUT2D eigenvalue weighted by Crippen LogP contribution is -2.30. The van der Waals surface area contributed by atoms with E-state index in [1.807, 2.05) is 18.3 Å². The van der Waals surface area contributed by atoms with Crippen LogP contribution in [0.4, 0.5) is 0 Å². The second kappa shape index (κ2) is 7.25. The first-order chi connectivity index (χ1) is 12.7. The van der Waals surface area contributed by atoms with Crippen molar-refractivity contribution in [3.63, 3.8) is 0 Å². The highest BCUT2D eigenvalue weighted by Gasteiger charge is 2.21. The number of hydrogen-bond acceptors (Lipinski definition) is 5. The van der Waals surface area contributed by atoms with Crippen LogP contribution in [-0.2, 0) is 25.9 Å². The lowest BCUT2D eigenvalue weighted by molar-refractivity contribution is 0.238. The molecule has 0 spiro atoms. The van der Waals surface area contributed by atoms with E-state index in [9.17, 15) is 0 Å². The van der Waals surface area contributed by atoms with Crippen molar-refractivity contribution in [1.29, 1.82) is 0 Å². The predicted molar refractivity (Wildman–Crippen MR) is 99.8 cm³/mol. The minimum absolute atomic E-state index is 0.609. The summed E-state index contributed by atoms with van der Waals surface area (Å²) in [6.45, 7) is 4.87. The Morgan fingerprint density at radius 2 is 2.08 bits per heavy atom. The van der Waals surface area contributed by atoms with E-state index < -0.39 is 0 Å². The van der Waals surface area contributed by atoms with Gasteiger partial charge in [0.05, 0.1) is 24.2 Å². The molecule has 3 aromatic rings. The summed E-state index contributed by atoms with van der Waals surface area (Å²) in [7, 11) is 1.62. The number of pyridine rings is 2. The van der Waals surface area contributed by atoms with Crippen molar-refractivity contribution in [3.05, 3.63) is 59.3 Å². The van der Waals surface area contributed by atoms with E-state index in [0.717, 1.165) is 55.3 Å². The van der Waals surface area contributed by atoms with Gasteiger partial charge in [-0.2, -0.15) is 0 Å². The zero-order valence-electron chi connectivity index (χ0n) is 15.2. The van der Waals surface area contributed by atoms with Gasteiger partial charge in [-0.25, -0.2) is 9.97 Å². The van der Waals surface area contributed by atoms with Crippen molar-refractivity contribution < 1.29 is 4.74 Å². The van der Waals surface area contributed by atoms with Gasteiger partial charge in [-0.1, -0.05) is 13.0 Å². The summed E-state index contributed by atoms with van der Waals surface area (Å²) in [6, 6.07) is 8.14. The first-order valence-corrected chi connectivity index (χ1v) is 8.99. The summed E-state index contributed by atoms with van der Waals surface area (Å²) in [5.74, 6) is 1.48. The van der Waals surface area contributed by atoms with Crippen molar-refractivity contribution in [2.24, 2.45) is 0 Å². The van der Waals surface area contributed by atoms with E-state index in [1.54, 1.807) is 13.3 Å². The highest BCUT2D eigenvalue weighted by atomic mass is 16.5. The molecule has 0 atom stereocenters. The molecule has 4 rings (SSSR count). The number of aromatic amines is 1. The maximum atomic E-state index is 5.12. The fourth-order valence-corrected chi connectivity index (χ4v) is 3.25. The van der Waals surface area contributed by atoms with Crippen LogP contribution < -0.4 is 4.74 Å². The first kappa shape index (κ1) is 16.7. The molecule has 0 bridgehead atoms. The van der Waals surface area contributed by atoms with Crippen molar-refractivity contribution in [3.8, 4) is 17.3 Å². The molecule has 0 saturated heterocycles. The molecular weight excluding hydrogens is 326 g/mol. The van der Waals surface area contributed by atoms with Crippen LogP contribution in [0.5, 0.6) is 5.88 Å². The van der Waals surface area contributed by atoms with E-state index in [2.05, 4.69) is 38.9 Å². The average Bonchev–Trinajstić information content (AvgIpc) is 3.12. The molecule has 0 amide bonds.